The number of nitrogens with one attached hydrogen (secondary N) is 1. The highest BCUT2D eigenvalue weighted by molar-refractivity contribution is 9.10. The quantitative estimate of drug-likeness (QED) is 0.836. The van der Waals surface area contributed by atoms with Gasteiger partial charge in [0.1, 0.15) is 13.2 Å². The van der Waals surface area contributed by atoms with Gasteiger partial charge in [-0.2, -0.15) is 5.26 Å². The zero-order valence-corrected chi connectivity index (χ0v) is 15.1. The van der Waals surface area contributed by atoms with Gasteiger partial charge in [0.2, 0.25) is 0 Å². The maximum atomic E-state index is 12.4. The number of ether oxygens (including phenoxy) is 2. The van der Waals surface area contributed by atoms with Crippen molar-refractivity contribution in [3.63, 3.8) is 0 Å². The number of rotatable bonds is 2. The molecule has 0 aliphatic carbocycles. The highest BCUT2D eigenvalue weighted by Crippen LogP contribution is 2.37. The molecule has 0 radical (unpaired) electrons. The van der Waals surface area contributed by atoms with E-state index in [1.165, 1.54) is 0 Å². The molecule has 2 aliphatic rings. The van der Waals surface area contributed by atoms with Gasteiger partial charge >= 0.3 is 6.03 Å². The molecule has 1 fully saturated rings. The number of hydrogen-bond donors (Lipinski definition) is 1. The highest BCUT2D eigenvalue weighted by atomic mass is 79.9. The molecular formula is C17H20BrN3O3. The largest absolute Gasteiger partial charge is 0.486 e. The number of urea groups is 1. The lowest BCUT2D eigenvalue weighted by atomic mass is 9.99. The topological polar surface area (TPSA) is 74.6 Å². The highest BCUT2D eigenvalue weighted by Gasteiger charge is 2.25. The first kappa shape index (κ1) is 16.9. The summed E-state index contributed by atoms with van der Waals surface area (Å²) in [6.45, 7) is 4.26. The van der Waals surface area contributed by atoms with Crippen LogP contribution in [-0.2, 0) is 0 Å². The second-order valence-corrected chi connectivity index (χ2v) is 6.93. The van der Waals surface area contributed by atoms with E-state index in [2.05, 4.69) is 27.3 Å². The molecule has 128 valence electrons. The molecular weight excluding hydrogens is 374 g/mol. The van der Waals surface area contributed by atoms with E-state index in [1.54, 1.807) is 4.90 Å². The van der Waals surface area contributed by atoms with Gasteiger partial charge in [-0.05, 0) is 37.5 Å². The van der Waals surface area contributed by atoms with Crippen LogP contribution in [0.1, 0.15) is 31.4 Å². The van der Waals surface area contributed by atoms with Crippen LogP contribution in [0.3, 0.4) is 0 Å². The first-order valence-corrected chi connectivity index (χ1v) is 8.92. The van der Waals surface area contributed by atoms with Crippen molar-refractivity contribution >= 4 is 22.0 Å². The Bertz CT molecular complexity index is 666. The van der Waals surface area contributed by atoms with Gasteiger partial charge in [0.25, 0.3) is 0 Å². The molecule has 0 spiro atoms. The molecule has 0 aromatic heterocycles. The van der Waals surface area contributed by atoms with Crippen LogP contribution < -0.4 is 14.8 Å². The number of likely N-dealkylation sites (tertiary alicyclic amines) is 1. The van der Waals surface area contributed by atoms with Crippen molar-refractivity contribution in [2.24, 2.45) is 5.92 Å². The standard InChI is InChI=1S/C17H20BrN3O3/c1-11(20-17(22)21-4-2-12(10-19)3-5-21)13-8-15-16(9-14(13)18)24-7-6-23-15/h8-9,11-12H,2-7H2,1H3,(H,20,22). The number of carbonyl (C=O) groups is 1. The molecule has 2 aliphatic heterocycles. The lowest BCUT2D eigenvalue weighted by Gasteiger charge is -2.30. The van der Waals surface area contributed by atoms with Gasteiger partial charge < -0.3 is 19.7 Å². The third kappa shape index (κ3) is 3.59. The van der Waals surface area contributed by atoms with Gasteiger partial charge in [0.05, 0.1) is 12.1 Å². The average molecular weight is 394 g/mol. The summed E-state index contributed by atoms with van der Waals surface area (Å²) in [4.78, 5) is 14.2. The Kier molecular flexibility index (Phi) is 5.14. The van der Waals surface area contributed by atoms with Crippen molar-refractivity contribution in [3.8, 4) is 17.6 Å². The first-order valence-electron chi connectivity index (χ1n) is 8.12. The fourth-order valence-corrected chi connectivity index (χ4v) is 3.64. The predicted molar refractivity (Wildman–Crippen MR) is 92.0 cm³/mol. The predicted octanol–water partition coefficient (Wildman–Crippen LogP) is 3.23. The van der Waals surface area contributed by atoms with Gasteiger partial charge in [-0.3, -0.25) is 0 Å². The average Bonchev–Trinajstić information content (AvgIpc) is 2.61. The Hall–Kier alpha value is -1.94. The summed E-state index contributed by atoms with van der Waals surface area (Å²) in [5.74, 6) is 1.49. The van der Waals surface area contributed by atoms with E-state index < -0.39 is 0 Å². The Morgan fingerprint density at radius 1 is 1.33 bits per heavy atom. The van der Waals surface area contributed by atoms with Crippen molar-refractivity contribution in [1.29, 1.82) is 5.26 Å². The second kappa shape index (κ2) is 7.31. The molecule has 3 rings (SSSR count). The molecule has 2 heterocycles. The van der Waals surface area contributed by atoms with Crippen LogP contribution in [0.5, 0.6) is 11.5 Å². The van der Waals surface area contributed by atoms with Gasteiger partial charge in [-0.1, -0.05) is 15.9 Å². The van der Waals surface area contributed by atoms with Gasteiger partial charge in [0.15, 0.2) is 11.5 Å². The number of fused-ring (bicyclic) bond motifs is 1. The minimum atomic E-state index is -0.170. The molecule has 1 aromatic rings. The summed E-state index contributed by atoms with van der Waals surface area (Å²) in [6.07, 6.45) is 1.48. The minimum absolute atomic E-state index is 0.0680. The summed E-state index contributed by atoms with van der Waals surface area (Å²) in [6, 6.07) is 5.80. The summed E-state index contributed by atoms with van der Waals surface area (Å²) < 4.78 is 12.1. The number of hydrogen-bond acceptors (Lipinski definition) is 4. The minimum Gasteiger partial charge on any atom is -0.486 e. The zero-order chi connectivity index (χ0) is 17.1. The van der Waals surface area contributed by atoms with Crippen LogP contribution in [0.15, 0.2) is 16.6 Å². The van der Waals surface area contributed by atoms with Crippen LogP contribution in [0.25, 0.3) is 0 Å². The monoisotopic (exact) mass is 393 g/mol. The molecule has 1 aromatic carbocycles. The Labute approximate surface area is 149 Å². The number of amides is 2. The van der Waals surface area contributed by atoms with E-state index in [0.29, 0.717) is 37.8 Å². The van der Waals surface area contributed by atoms with E-state index in [9.17, 15) is 4.79 Å². The molecule has 0 saturated carbocycles. The van der Waals surface area contributed by atoms with Gasteiger partial charge in [-0.15, -0.1) is 0 Å². The lowest BCUT2D eigenvalue weighted by Crippen LogP contribution is -2.45. The van der Waals surface area contributed by atoms with Crippen molar-refractivity contribution in [2.75, 3.05) is 26.3 Å². The third-order valence-corrected chi connectivity index (χ3v) is 5.12. The van der Waals surface area contributed by atoms with E-state index >= 15 is 0 Å². The van der Waals surface area contributed by atoms with E-state index in [-0.39, 0.29) is 18.0 Å². The van der Waals surface area contributed by atoms with Crippen molar-refractivity contribution in [3.05, 3.63) is 22.2 Å². The number of nitrogens with zero attached hydrogens (tertiary/aromatic N) is 2. The van der Waals surface area contributed by atoms with Crippen molar-refractivity contribution in [2.45, 2.75) is 25.8 Å². The van der Waals surface area contributed by atoms with Gasteiger partial charge in [0, 0.05) is 23.5 Å². The molecule has 1 N–H and O–H groups in total. The van der Waals surface area contributed by atoms with E-state index in [4.69, 9.17) is 14.7 Å². The third-order valence-electron chi connectivity index (χ3n) is 4.43. The second-order valence-electron chi connectivity index (χ2n) is 6.08. The SMILES string of the molecule is CC(NC(=O)N1CCC(C#N)CC1)c1cc2c(cc1Br)OCCO2. The Morgan fingerprint density at radius 2 is 1.96 bits per heavy atom. The lowest BCUT2D eigenvalue weighted by molar-refractivity contribution is 0.170. The Balaban J connectivity index is 1.65. The van der Waals surface area contributed by atoms with E-state index in [0.717, 1.165) is 22.9 Å². The normalized spacial score (nSPS) is 18.6. The molecule has 1 unspecified atom stereocenters. The molecule has 24 heavy (non-hydrogen) atoms. The van der Waals surface area contributed by atoms with E-state index in [1.807, 2.05) is 19.1 Å². The van der Waals surface area contributed by atoms with Gasteiger partial charge in [-0.25, -0.2) is 4.79 Å². The number of piperidine rings is 1. The van der Waals surface area contributed by atoms with Crippen LogP contribution in [0, 0.1) is 17.2 Å². The van der Waals surface area contributed by atoms with Crippen molar-refractivity contribution in [1.82, 2.24) is 10.2 Å². The first-order chi connectivity index (χ1) is 11.6. The molecule has 1 saturated heterocycles. The van der Waals surface area contributed by atoms with Crippen LogP contribution in [0.4, 0.5) is 4.79 Å². The molecule has 7 heteroatoms. The Morgan fingerprint density at radius 3 is 2.58 bits per heavy atom. The maximum Gasteiger partial charge on any atom is 0.317 e. The molecule has 6 nitrogen and oxygen atoms in total. The summed E-state index contributed by atoms with van der Waals surface area (Å²) >= 11 is 3.54. The molecule has 1 atom stereocenters. The van der Waals surface area contributed by atoms with Crippen molar-refractivity contribution < 1.29 is 14.3 Å². The molecule has 0 bridgehead atoms. The summed E-state index contributed by atoms with van der Waals surface area (Å²) in [7, 11) is 0. The van der Waals surface area contributed by atoms with Crippen LogP contribution in [-0.4, -0.2) is 37.2 Å². The number of benzene rings is 1. The summed E-state index contributed by atoms with van der Waals surface area (Å²) in [5.41, 5.74) is 0.944. The number of nitriles is 1. The zero-order valence-electron chi connectivity index (χ0n) is 13.5. The van der Waals surface area contributed by atoms with Crippen LogP contribution in [0.2, 0.25) is 0 Å². The maximum absolute atomic E-state index is 12.4. The summed E-state index contributed by atoms with van der Waals surface area (Å²) in [5, 5.41) is 12.0. The fraction of sp³-hybridized carbons (Fsp3) is 0.529. The smallest absolute Gasteiger partial charge is 0.317 e. The number of carbonyl (C=O) groups excluding carboxylic acids is 1. The van der Waals surface area contributed by atoms with Crippen LogP contribution >= 0.6 is 15.9 Å². The number of halogens is 1. The fourth-order valence-electron chi connectivity index (χ4n) is 2.98. The molecule has 2 amide bonds.